The second-order valence-electron chi connectivity index (χ2n) is 7.69. The van der Waals surface area contributed by atoms with E-state index >= 15 is 0 Å². The van der Waals surface area contributed by atoms with Crippen LogP contribution in [0.2, 0.25) is 0 Å². The van der Waals surface area contributed by atoms with Gasteiger partial charge in [-0.05, 0) is 66.7 Å². The van der Waals surface area contributed by atoms with Crippen molar-refractivity contribution in [2.45, 2.75) is 55.7 Å². The Kier molecular flexibility index (Phi) is 6.07. The summed E-state index contributed by atoms with van der Waals surface area (Å²) < 4.78 is 1.19. The molecule has 1 fully saturated rings. The van der Waals surface area contributed by atoms with Gasteiger partial charge in [-0.15, -0.1) is 11.8 Å². The Morgan fingerprint density at radius 1 is 1.08 bits per heavy atom. The van der Waals surface area contributed by atoms with Crippen molar-refractivity contribution in [3.05, 3.63) is 63.6 Å². The van der Waals surface area contributed by atoms with Gasteiger partial charge in [0.15, 0.2) is 0 Å². The Hall–Kier alpha value is -0.770. The molecule has 0 spiro atoms. The lowest BCUT2D eigenvalue weighted by Gasteiger charge is -2.38. The Balaban J connectivity index is 1.65. The smallest absolute Gasteiger partial charge is 0.0616 e. The molecule has 2 aromatic carbocycles. The molecule has 0 bridgehead atoms. The lowest BCUT2D eigenvalue weighted by Crippen LogP contribution is -2.37. The van der Waals surface area contributed by atoms with E-state index < -0.39 is 0 Å². The van der Waals surface area contributed by atoms with Crippen LogP contribution in [-0.4, -0.2) is 18.0 Å². The number of piperidine rings is 1. The number of thioether (sulfide) groups is 1. The molecule has 0 radical (unpaired) electrons. The maximum Gasteiger partial charge on any atom is 0.0616 e. The number of likely N-dealkylation sites (tertiary alicyclic amines) is 1. The molecule has 1 saturated heterocycles. The first-order chi connectivity index (χ1) is 12.8. The second kappa shape index (κ2) is 8.50. The number of rotatable bonds is 4. The minimum atomic E-state index is 0.404. The Morgan fingerprint density at radius 2 is 1.88 bits per heavy atom. The van der Waals surface area contributed by atoms with Gasteiger partial charge in [0.1, 0.15) is 0 Å². The molecule has 1 atom stereocenters. The maximum atomic E-state index is 3.72. The molecule has 2 heterocycles. The van der Waals surface area contributed by atoms with E-state index in [1.807, 2.05) is 11.8 Å². The van der Waals surface area contributed by atoms with E-state index in [1.165, 1.54) is 71.3 Å². The first-order valence-corrected chi connectivity index (χ1v) is 11.8. The van der Waals surface area contributed by atoms with Crippen molar-refractivity contribution < 1.29 is 0 Å². The summed E-state index contributed by atoms with van der Waals surface area (Å²) in [5.74, 6) is 2.01. The van der Waals surface area contributed by atoms with E-state index in [2.05, 4.69) is 70.2 Å². The van der Waals surface area contributed by atoms with Gasteiger partial charge in [0.25, 0.3) is 0 Å². The van der Waals surface area contributed by atoms with E-state index in [4.69, 9.17) is 0 Å². The highest BCUT2D eigenvalue weighted by molar-refractivity contribution is 9.10. The zero-order chi connectivity index (χ0) is 17.9. The van der Waals surface area contributed by atoms with Crippen molar-refractivity contribution in [2.24, 2.45) is 5.92 Å². The van der Waals surface area contributed by atoms with Crippen molar-refractivity contribution in [3.8, 4) is 0 Å². The first-order valence-electron chi connectivity index (χ1n) is 10.0. The van der Waals surface area contributed by atoms with Gasteiger partial charge in [0.05, 0.1) is 6.04 Å². The number of fused-ring (bicyclic) bond motifs is 2. The minimum absolute atomic E-state index is 0.404. The van der Waals surface area contributed by atoms with Crippen molar-refractivity contribution in [1.82, 2.24) is 4.90 Å². The van der Waals surface area contributed by atoms with Crippen LogP contribution in [0.5, 0.6) is 0 Å². The lowest BCUT2D eigenvalue weighted by atomic mass is 9.87. The summed E-state index contributed by atoms with van der Waals surface area (Å²) in [5, 5.41) is 0. The average Bonchev–Trinajstić information content (AvgIpc) is 2.83. The van der Waals surface area contributed by atoms with Gasteiger partial charge >= 0.3 is 0 Å². The minimum Gasteiger partial charge on any atom is -0.292 e. The zero-order valence-corrected chi connectivity index (χ0v) is 18.0. The van der Waals surface area contributed by atoms with Crippen LogP contribution in [0.15, 0.2) is 51.8 Å². The molecule has 0 aliphatic carbocycles. The molecule has 2 aromatic rings. The lowest BCUT2D eigenvalue weighted by molar-refractivity contribution is 0.144. The van der Waals surface area contributed by atoms with Gasteiger partial charge in [0.2, 0.25) is 0 Å². The van der Waals surface area contributed by atoms with Crippen molar-refractivity contribution >= 4 is 27.7 Å². The molecular formula is C23H28BrNS. The van der Waals surface area contributed by atoms with Crippen LogP contribution in [0.4, 0.5) is 0 Å². The normalized spacial score (nSPS) is 21.1. The van der Waals surface area contributed by atoms with E-state index in [0.29, 0.717) is 6.04 Å². The number of nitrogens with zero attached hydrogens (tertiary/aromatic N) is 1. The van der Waals surface area contributed by atoms with Crippen LogP contribution in [0.3, 0.4) is 0 Å². The summed E-state index contributed by atoms with van der Waals surface area (Å²) in [6.45, 7) is 4.76. The molecule has 138 valence electrons. The molecule has 0 aromatic heterocycles. The summed E-state index contributed by atoms with van der Waals surface area (Å²) in [6, 6.07) is 16.3. The van der Waals surface area contributed by atoms with Gasteiger partial charge in [-0.1, -0.05) is 66.4 Å². The SMILES string of the molecule is CCCCC1CCN(C2c3ccccc3CSc3ccc(Br)cc32)CC1. The molecule has 0 N–H and O–H groups in total. The number of unbranched alkanes of at least 4 members (excludes halogenated alkanes) is 1. The highest BCUT2D eigenvalue weighted by Gasteiger charge is 2.31. The molecular weight excluding hydrogens is 402 g/mol. The fourth-order valence-electron chi connectivity index (χ4n) is 4.51. The predicted molar refractivity (Wildman–Crippen MR) is 116 cm³/mol. The molecule has 1 nitrogen and oxygen atoms in total. The quantitative estimate of drug-likeness (QED) is 0.512. The van der Waals surface area contributed by atoms with Crippen LogP contribution in [0.1, 0.15) is 61.8 Å². The molecule has 1 unspecified atom stereocenters. The van der Waals surface area contributed by atoms with Gasteiger partial charge < -0.3 is 0 Å². The van der Waals surface area contributed by atoms with E-state index in [1.54, 1.807) is 0 Å². The average molecular weight is 430 g/mol. The van der Waals surface area contributed by atoms with Gasteiger partial charge in [-0.25, -0.2) is 0 Å². The molecule has 2 aliphatic heterocycles. The first kappa shape index (κ1) is 18.6. The topological polar surface area (TPSA) is 3.24 Å². The Labute approximate surface area is 170 Å². The summed E-state index contributed by atoms with van der Waals surface area (Å²) in [4.78, 5) is 4.20. The molecule has 2 aliphatic rings. The summed E-state index contributed by atoms with van der Waals surface area (Å²) in [6.07, 6.45) is 6.85. The van der Waals surface area contributed by atoms with Crippen molar-refractivity contribution in [3.63, 3.8) is 0 Å². The third-order valence-corrected chi connectivity index (χ3v) is 7.61. The van der Waals surface area contributed by atoms with Crippen LogP contribution in [0, 0.1) is 5.92 Å². The Bertz CT molecular complexity index is 752. The fraction of sp³-hybridized carbons (Fsp3) is 0.478. The number of benzene rings is 2. The molecule has 0 amide bonds. The third kappa shape index (κ3) is 3.90. The number of halogens is 1. The molecule has 26 heavy (non-hydrogen) atoms. The highest BCUT2D eigenvalue weighted by Crippen LogP contribution is 2.44. The van der Waals surface area contributed by atoms with Crippen molar-refractivity contribution in [2.75, 3.05) is 13.1 Å². The summed E-state index contributed by atoms with van der Waals surface area (Å²) in [7, 11) is 0. The van der Waals surface area contributed by atoms with E-state index in [-0.39, 0.29) is 0 Å². The van der Waals surface area contributed by atoms with Crippen LogP contribution < -0.4 is 0 Å². The van der Waals surface area contributed by atoms with Gasteiger partial charge in [-0.3, -0.25) is 4.90 Å². The Morgan fingerprint density at radius 3 is 2.69 bits per heavy atom. The van der Waals surface area contributed by atoms with Crippen LogP contribution in [0.25, 0.3) is 0 Å². The zero-order valence-electron chi connectivity index (χ0n) is 15.6. The van der Waals surface area contributed by atoms with E-state index in [0.717, 1.165) is 11.7 Å². The highest BCUT2D eigenvalue weighted by atomic mass is 79.9. The monoisotopic (exact) mass is 429 g/mol. The predicted octanol–water partition coefficient (Wildman–Crippen LogP) is 7.05. The maximum absolute atomic E-state index is 3.72. The van der Waals surface area contributed by atoms with Crippen molar-refractivity contribution in [1.29, 1.82) is 0 Å². The van der Waals surface area contributed by atoms with Gasteiger partial charge in [0, 0.05) is 15.1 Å². The fourth-order valence-corrected chi connectivity index (χ4v) is 5.96. The van der Waals surface area contributed by atoms with E-state index in [9.17, 15) is 0 Å². The molecule has 3 heteroatoms. The standard InChI is InChI=1S/C23H28BrNS/c1-2-3-6-17-11-13-25(14-12-17)23-20-8-5-4-7-18(20)16-26-22-10-9-19(24)15-21(22)23/h4-5,7-10,15,17,23H,2-3,6,11-14,16H2,1H3. The summed E-state index contributed by atoms with van der Waals surface area (Å²) in [5.41, 5.74) is 4.51. The third-order valence-electron chi connectivity index (χ3n) is 5.98. The van der Waals surface area contributed by atoms with Crippen LogP contribution in [-0.2, 0) is 5.75 Å². The number of hydrogen-bond acceptors (Lipinski definition) is 2. The van der Waals surface area contributed by atoms with Gasteiger partial charge in [-0.2, -0.15) is 0 Å². The molecule has 0 saturated carbocycles. The number of hydrogen-bond donors (Lipinski definition) is 0. The summed E-state index contributed by atoms with van der Waals surface area (Å²) >= 11 is 5.71. The second-order valence-corrected chi connectivity index (χ2v) is 9.63. The molecule has 4 rings (SSSR count). The largest absolute Gasteiger partial charge is 0.292 e. The van der Waals surface area contributed by atoms with Crippen LogP contribution >= 0.6 is 27.7 Å².